The summed E-state index contributed by atoms with van der Waals surface area (Å²) < 4.78 is 48.3. The molecule has 0 saturated carbocycles. The van der Waals surface area contributed by atoms with E-state index in [1.165, 1.54) is 18.3 Å². The van der Waals surface area contributed by atoms with Gasteiger partial charge in [0, 0.05) is 33.1 Å². The molecule has 0 aliphatic rings. The van der Waals surface area contributed by atoms with Crippen LogP contribution in [0.1, 0.15) is 39.2 Å². The number of rotatable bonds is 4. The van der Waals surface area contributed by atoms with Crippen LogP contribution in [0.4, 0.5) is 0 Å². The zero-order valence-corrected chi connectivity index (χ0v) is 21.0. The van der Waals surface area contributed by atoms with Crippen LogP contribution >= 0.6 is 0 Å². The number of hydrogen-bond acceptors (Lipinski definition) is 3. The van der Waals surface area contributed by atoms with E-state index in [4.69, 9.17) is 12.6 Å². The molecule has 0 N–H and O–H groups in total. The van der Waals surface area contributed by atoms with E-state index in [2.05, 4.69) is 28.7 Å². The minimum atomic E-state index is -2.21. The van der Waals surface area contributed by atoms with Gasteiger partial charge in [0.15, 0.2) is 0 Å². The van der Waals surface area contributed by atoms with Gasteiger partial charge >= 0.3 is 20.1 Å². The van der Waals surface area contributed by atoms with Crippen LogP contribution in [0.15, 0.2) is 102 Å². The second-order valence-electron chi connectivity index (χ2n) is 7.07. The summed E-state index contributed by atoms with van der Waals surface area (Å²) in [4.78, 5) is 7.54. The predicted octanol–water partition coefficient (Wildman–Crippen LogP) is 7.37. The standard InChI is InChI=1S/C12H8NO.C12H13N.C5H5N.Ir/c1-8-6-7-10-9-4-2-3-5-11(9)14-12(10)13-8;1-10(2)8-9-12(13)11-6-4-3-5-7-11;1-2-4-6-5-3-1;/h2,4-7H,1H3;3-6H,1,8-9H2,2H3;1-5H;/q-1;-2;;+3/i1D3;;1D,2D,5D;. The molecule has 0 bridgehead atoms. The van der Waals surface area contributed by atoms with E-state index in [0.717, 1.165) is 28.3 Å². The van der Waals surface area contributed by atoms with Gasteiger partial charge in [-0.05, 0) is 44.4 Å². The van der Waals surface area contributed by atoms with E-state index in [0.29, 0.717) is 23.4 Å². The van der Waals surface area contributed by atoms with Crippen LogP contribution in [0.3, 0.4) is 0 Å². The van der Waals surface area contributed by atoms with Crippen molar-refractivity contribution in [1.29, 1.82) is 0 Å². The SMILES string of the molecule is C=C(C)CCC(=[N-])c1[c-]cccc1.[2H]C([2H])([2H])c1ccc2c(n1)oc1c[c-]ccc12.[2H]c1cc([2H])c([2H])cn1.[Ir+3]. The van der Waals surface area contributed by atoms with E-state index in [1.807, 2.05) is 31.2 Å². The van der Waals surface area contributed by atoms with Crippen LogP contribution in [0, 0.1) is 19.0 Å². The number of fused-ring (bicyclic) bond motifs is 3. The van der Waals surface area contributed by atoms with E-state index < -0.39 is 6.85 Å². The number of nitrogens with zero attached hydrogens (tertiary/aromatic N) is 3. The molecule has 0 unspecified atom stereocenters. The van der Waals surface area contributed by atoms with Gasteiger partial charge in [-0.25, -0.2) is 4.98 Å². The number of benzene rings is 2. The molecule has 172 valence electrons. The molecule has 0 saturated heterocycles. The van der Waals surface area contributed by atoms with Gasteiger partial charge in [0.2, 0.25) is 5.71 Å². The Hall–Kier alpha value is -3.40. The monoisotopic (exact) mass is 631 g/mol. The summed E-state index contributed by atoms with van der Waals surface area (Å²) in [7, 11) is 0. The van der Waals surface area contributed by atoms with Crippen molar-refractivity contribution in [3.8, 4) is 0 Å². The smallest absolute Gasteiger partial charge is 0.859 e. The van der Waals surface area contributed by atoms with Gasteiger partial charge in [0.25, 0.3) is 0 Å². The average molecular weight is 631 g/mol. The first-order valence-corrected chi connectivity index (χ1v) is 10.2. The van der Waals surface area contributed by atoms with Gasteiger partial charge in [-0.15, -0.1) is 43.0 Å². The van der Waals surface area contributed by atoms with E-state index in [-0.39, 0.29) is 44.1 Å². The Morgan fingerprint density at radius 3 is 2.71 bits per heavy atom. The average Bonchev–Trinajstić information content (AvgIpc) is 3.28. The molecular formula is C29H26IrN3O. The van der Waals surface area contributed by atoms with Crippen molar-refractivity contribution < 1.29 is 32.7 Å². The summed E-state index contributed by atoms with van der Waals surface area (Å²) in [6.45, 7) is 3.54. The third kappa shape index (κ3) is 8.18. The fraction of sp³-hybridized carbons (Fsp3) is 0.138. The maximum atomic E-state index is 9.61. The molecule has 3 heterocycles. The Morgan fingerprint density at radius 2 is 2.00 bits per heavy atom. The molecule has 5 rings (SSSR count). The minimum Gasteiger partial charge on any atom is -0.859 e. The van der Waals surface area contributed by atoms with E-state index >= 15 is 0 Å². The second kappa shape index (κ2) is 14.0. The third-order valence-electron chi connectivity index (χ3n) is 4.42. The van der Waals surface area contributed by atoms with Crippen LogP contribution in [-0.2, 0) is 20.1 Å². The number of aryl methyl sites for hydroxylation is 1. The van der Waals surface area contributed by atoms with Crippen molar-refractivity contribution in [1.82, 2.24) is 9.97 Å². The van der Waals surface area contributed by atoms with E-state index in [9.17, 15) is 5.41 Å². The Bertz CT molecular complexity index is 1590. The van der Waals surface area contributed by atoms with Crippen molar-refractivity contribution >= 4 is 27.8 Å². The fourth-order valence-corrected chi connectivity index (χ4v) is 2.81. The Kier molecular flexibility index (Phi) is 7.80. The van der Waals surface area contributed by atoms with Gasteiger partial charge < -0.3 is 9.83 Å². The summed E-state index contributed by atoms with van der Waals surface area (Å²) >= 11 is 0. The quantitative estimate of drug-likeness (QED) is 0.118. The Morgan fingerprint density at radius 1 is 1.12 bits per heavy atom. The van der Waals surface area contributed by atoms with Gasteiger partial charge in [-0.3, -0.25) is 10.7 Å². The second-order valence-corrected chi connectivity index (χ2v) is 7.07. The molecule has 4 nitrogen and oxygen atoms in total. The number of furan rings is 1. The molecule has 0 radical (unpaired) electrons. The number of pyridine rings is 2. The molecule has 0 amide bonds. The zero-order valence-electron chi connectivity index (χ0n) is 24.6. The van der Waals surface area contributed by atoms with Gasteiger partial charge in [-0.1, -0.05) is 23.4 Å². The van der Waals surface area contributed by atoms with Crippen molar-refractivity contribution in [2.45, 2.75) is 26.6 Å². The van der Waals surface area contributed by atoms with Crippen molar-refractivity contribution in [3.63, 3.8) is 0 Å². The summed E-state index contributed by atoms with van der Waals surface area (Å²) in [5, 5.41) is 11.4. The first-order chi connectivity index (χ1) is 18.5. The summed E-state index contributed by atoms with van der Waals surface area (Å²) in [6, 6.07) is 23.3. The molecule has 5 aromatic rings. The number of allylic oxidation sites excluding steroid dienone is 1. The van der Waals surface area contributed by atoms with Crippen LogP contribution < -0.4 is 0 Å². The van der Waals surface area contributed by atoms with E-state index in [1.54, 1.807) is 24.3 Å². The van der Waals surface area contributed by atoms with Crippen LogP contribution in [-0.4, -0.2) is 15.7 Å². The van der Waals surface area contributed by atoms with Gasteiger partial charge in [-0.2, -0.15) is 23.8 Å². The third-order valence-corrected chi connectivity index (χ3v) is 4.42. The predicted molar refractivity (Wildman–Crippen MR) is 136 cm³/mol. The summed E-state index contributed by atoms with van der Waals surface area (Å²) in [5.74, 6) is 0. The van der Waals surface area contributed by atoms with Crippen molar-refractivity contribution in [2.75, 3.05) is 0 Å². The maximum Gasteiger partial charge on any atom is 3.00 e. The molecule has 0 atom stereocenters. The molecule has 0 fully saturated rings. The van der Waals surface area contributed by atoms with Gasteiger partial charge in [0.05, 0.1) is 4.11 Å². The maximum absolute atomic E-state index is 9.61. The minimum absolute atomic E-state index is 0. The molecular weight excluding hydrogens is 599 g/mol. The molecule has 0 aliphatic carbocycles. The number of hydrogen-bond donors (Lipinski definition) is 0. The summed E-state index contributed by atoms with van der Waals surface area (Å²) in [5.41, 5.74) is 3.33. The van der Waals surface area contributed by atoms with Crippen LogP contribution in [0.25, 0.3) is 27.5 Å². The molecule has 34 heavy (non-hydrogen) atoms. The molecule has 0 aliphatic heterocycles. The molecule has 2 aromatic carbocycles. The number of aromatic nitrogens is 2. The largest absolute Gasteiger partial charge is 3.00 e. The van der Waals surface area contributed by atoms with Crippen molar-refractivity contribution in [3.05, 3.63) is 126 Å². The zero-order chi connectivity index (χ0) is 28.6. The topological polar surface area (TPSA) is 61.2 Å². The Balaban J connectivity index is 0.000000218. The summed E-state index contributed by atoms with van der Waals surface area (Å²) in [6.07, 6.45) is 2.71. The molecule has 0 spiro atoms. The van der Waals surface area contributed by atoms with Gasteiger partial charge in [0.1, 0.15) is 0 Å². The normalized spacial score (nSPS) is 12.6. The van der Waals surface area contributed by atoms with Crippen LogP contribution in [0.5, 0.6) is 0 Å². The van der Waals surface area contributed by atoms with Crippen LogP contribution in [0.2, 0.25) is 0 Å². The fourth-order valence-electron chi connectivity index (χ4n) is 2.81. The molecule has 5 heteroatoms. The van der Waals surface area contributed by atoms with Crippen molar-refractivity contribution in [2.24, 2.45) is 0 Å². The first-order valence-electron chi connectivity index (χ1n) is 13.2. The Labute approximate surface area is 223 Å². The first kappa shape index (κ1) is 19.0. The molecule has 3 aromatic heterocycles.